The molecule has 10 heavy (non-hydrogen) atoms. The van der Waals surface area contributed by atoms with E-state index in [0.717, 1.165) is 0 Å². The quantitative estimate of drug-likeness (QED) is 0.233. The second kappa shape index (κ2) is 16.7. The fourth-order valence-electron chi connectivity index (χ4n) is 0. The molecule has 0 aliphatic heterocycles. The van der Waals surface area contributed by atoms with Crippen molar-refractivity contribution in [2.75, 3.05) is 0 Å². The van der Waals surface area contributed by atoms with E-state index >= 15 is 0 Å². The van der Waals surface area contributed by atoms with Crippen LogP contribution >= 0.6 is 0 Å². The van der Waals surface area contributed by atoms with Gasteiger partial charge in [-0.15, -0.1) is 0 Å². The predicted molar refractivity (Wildman–Crippen MR) is 22.6 cm³/mol. The molecular formula is MgNNaO6Se. The minimum absolute atomic E-state index is 0. The summed E-state index contributed by atoms with van der Waals surface area (Å²) in [7, 11) is 0. The third kappa shape index (κ3) is 426. The van der Waals surface area contributed by atoms with Crippen LogP contribution in [0.25, 0.3) is 0 Å². The largest absolute Gasteiger partial charge is 2.00 e. The molecule has 0 atom stereocenters. The average molecular weight is 236 g/mol. The van der Waals surface area contributed by atoms with Crippen molar-refractivity contribution in [3.05, 3.63) is 15.3 Å². The molecule has 0 rings (SSSR count). The molecule has 0 aromatic carbocycles. The number of hydrogen-bond acceptors (Lipinski definition) is 6. The fraction of sp³-hybridized carbons (Fsp3) is 0. The van der Waals surface area contributed by atoms with Crippen LogP contribution in [0.5, 0.6) is 0 Å². The van der Waals surface area contributed by atoms with Gasteiger partial charge in [-0.05, 0) is 0 Å². The van der Waals surface area contributed by atoms with E-state index in [1.807, 2.05) is 0 Å². The molecule has 0 spiro atoms. The molecule has 0 aromatic rings. The van der Waals surface area contributed by atoms with Crippen molar-refractivity contribution in [1.29, 1.82) is 0 Å². The maximum atomic E-state index is 8.54. The summed E-state index contributed by atoms with van der Waals surface area (Å²) in [5.74, 6) is 0. The number of nitrogens with zero attached hydrogens (tertiary/aromatic N) is 1. The Morgan fingerprint density at radius 3 is 1.20 bits per heavy atom. The van der Waals surface area contributed by atoms with Gasteiger partial charge in [0.2, 0.25) is 0 Å². The van der Waals surface area contributed by atoms with Gasteiger partial charge in [-0.1, -0.05) is 0 Å². The molecule has 0 unspecified atom stereocenters. The minimum Gasteiger partial charge on any atom is 1.00 e. The van der Waals surface area contributed by atoms with Crippen LogP contribution in [0.2, 0.25) is 0 Å². The molecule has 10 heteroatoms. The first-order chi connectivity index (χ1) is 3.46. The first-order valence-corrected chi connectivity index (χ1v) is 3.15. The summed E-state index contributed by atoms with van der Waals surface area (Å²) in [6.45, 7) is 0. The van der Waals surface area contributed by atoms with Crippen molar-refractivity contribution in [1.82, 2.24) is 0 Å². The zero-order valence-electron chi connectivity index (χ0n) is 5.01. The Balaban J connectivity index is -0.0000000300. The van der Waals surface area contributed by atoms with Gasteiger partial charge in [-0.3, -0.25) is 0 Å². The summed E-state index contributed by atoms with van der Waals surface area (Å²) in [5, 5.41) is 14.8. The van der Waals surface area contributed by atoms with Gasteiger partial charge in [-0.25, -0.2) is 0 Å². The van der Waals surface area contributed by atoms with Crippen LogP contribution in [0.4, 0.5) is 0 Å². The molecule has 0 aliphatic carbocycles. The predicted octanol–water partition coefficient (Wildman–Crippen LogP) is -6.49. The standard InChI is InChI=1S/Mg.NO3.Na.H2O3Se/c;2-1(3)4;;1-4(2)3/h;;;(H2,1,2,3)/q+2;-1;+1;/p-2. The molecule has 0 saturated carbocycles. The number of rotatable bonds is 0. The Labute approximate surface area is 98.7 Å². The second-order valence-corrected chi connectivity index (χ2v) is 1.28. The van der Waals surface area contributed by atoms with Crippen molar-refractivity contribution >= 4 is 37.5 Å². The first kappa shape index (κ1) is 22.5. The van der Waals surface area contributed by atoms with Crippen LogP contribution in [0, 0.1) is 15.3 Å². The van der Waals surface area contributed by atoms with E-state index in [1.165, 1.54) is 0 Å². The average Bonchev–Trinajstić information content (AvgIpc) is 1.25. The van der Waals surface area contributed by atoms with Gasteiger partial charge in [0, 0.05) is 0 Å². The van der Waals surface area contributed by atoms with Crippen LogP contribution in [-0.4, -0.2) is 42.6 Å². The monoisotopic (exact) mass is 237 g/mol. The van der Waals surface area contributed by atoms with Gasteiger partial charge >= 0.3 is 79.3 Å². The molecule has 0 N–H and O–H groups in total. The van der Waals surface area contributed by atoms with Crippen molar-refractivity contribution in [3.63, 3.8) is 0 Å². The maximum absolute atomic E-state index is 8.54. The Kier molecular flexibility index (Phi) is 37.4. The third-order valence-electron chi connectivity index (χ3n) is 0. The van der Waals surface area contributed by atoms with E-state index in [-0.39, 0.29) is 52.6 Å². The van der Waals surface area contributed by atoms with Crippen molar-refractivity contribution in [2.24, 2.45) is 0 Å². The van der Waals surface area contributed by atoms with Crippen LogP contribution in [-0.2, 0) is 3.83 Å². The fourth-order valence-corrected chi connectivity index (χ4v) is 0. The number of hydrogen-bond donors (Lipinski definition) is 0. The maximum Gasteiger partial charge on any atom is 2.00 e. The van der Waals surface area contributed by atoms with Crippen LogP contribution < -0.4 is 37.9 Å². The Bertz CT molecular complexity index is 75.7. The summed E-state index contributed by atoms with van der Waals surface area (Å²) in [4.78, 5) is 8.25. The molecule has 0 fully saturated rings. The van der Waals surface area contributed by atoms with Crippen molar-refractivity contribution in [2.45, 2.75) is 0 Å². The minimum atomic E-state index is -3.79. The summed E-state index contributed by atoms with van der Waals surface area (Å²) in [5.41, 5.74) is 0. The van der Waals surface area contributed by atoms with Gasteiger partial charge < -0.3 is 15.3 Å². The van der Waals surface area contributed by atoms with E-state index in [0.29, 0.717) is 0 Å². The molecule has 0 bridgehead atoms. The van der Waals surface area contributed by atoms with Crippen LogP contribution in [0.3, 0.4) is 0 Å². The first-order valence-electron chi connectivity index (χ1n) is 1.05. The summed E-state index contributed by atoms with van der Waals surface area (Å²) >= 11 is -3.79. The normalized spacial score (nSPS) is 5.90. The molecule has 0 radical (unpaired) electrons. The summed E-state index contributed by atoms with van der Waals surface area (Å²) in [6, 6.07) is 0. The Morgan fingerprint density at radius 2 is 1.20 bits per heavy atom. The summed E-state index contributed by atoms with van der Waals surface area (Å²) in [6.07, 6.45) is 0. The molecule has 0 saturated heterocycles. The van der Waals surface area contributed by atoms with Gasteiger partial charge in [-0.2, -0.15) is 0 Å². The third-order valence-corrected chi connectivity index (χ3v) is 0. The van der Waals surface area contributed by atoms with Crippen LogP contribution in [0.15, 0.2) is 0 Å². The Morgan fingerprint density at radius 1 is 1.20 bits per heavy atom. The van der Waals surface area contributed by atoms with E-state index in [1.54, 1.807) is 0 Å². The zero-order chi connectivity index (χ0) is 7.15. The molecule has 0 amide bonds. The van der Waals surface area contributed by atoms with E-state index < -0.39 is 19.6 Å². The second-order valence-electron chi connectivity index (χ2n) is 0.428. The molecule has 0 aliphatic rings. The van der Waals surface area contributed by atoms with Gasteiger partial charge in [0.25, 0.3) is 0 Å². The molecule has 7 nitrogen and oxygen atoms in total. The van der Waals surface area contributed by atoms with E-state index in [2.05, 4.69) is 0 Å². The van der Waals surface area contributed by atoms with Gasteiger partial charge in [0.1, 0.15) is 0 Å². The van der Waals surface area contributed by atoms with E-state index in [4.69, 9.17) is 27.5 Å². The van der Waals surface area contributed by atoms with Gasteiger partial charge in [0.05, 0.1) is 5.09 Å². The van der Waals surface area contributed by atoms with Gasteiger partial charge in [0.15, 0.2) is 0 Å². The zero-order valence-corrected chi connectivity index (χ0v) is 10.1. The molecule has 0 aromatic heterocycles. The molecule has 0 heterocycles. The van der Waals surface area contributed by atoms with Crippen molar-refractivity contribution < 1.29 is 46.9 Å². The molecule has 50 valence electrons. The smallest absolute Gasteiger partial charge is 1.00 e. The van der Waals surface area contributed by atoms with Crippen molar-refractivity contribution in [3.8, 4) is 0 Å². The SMILES string of the molecule is O=[N+]([O-])[O-].O=[Se]([O-])[O-].[Mg+2].[Na+]. The summed E-state index contributed by atoms with van der Waals surface area (Å²) < 4.78 is 25.6. The van der Waals surface area contributed by atoms with E-state index in [9.17, 15) is 0 Å². The van der Waals surface area contributed by atoms with Crippen LogP contribution in [0.1, 0.15) is 0 Å². The Hall–Kier alpha value is 1.21. The topological polar surface area (TPSA) is 129 Å². The molecular weight excluding hydrogens is 236 g/mol.